The molecule has 2 aromatic heterocycles. The van der Waals surface area contributed by atoms with E-state index in [1.54, 1.807) is 15.7 Å². The van der Waals surface area contributed by atoms with Crippen LogP contribution in [-0.2, 0) is 7.05 Å². The lowest BCUT2D eigenvalue weighted by Crippen LogP contribution is -2.09. The Bertz CT molecular complexity index is 348. The Morgan fingerprint density at radius 1 is 1.42 bits per heavy atom. The maximum absolute atomic E-state index is 4.13. The molecular formula is C7H9N5. The molecule has 2 aromatic rings. The highest BCUT2D eigenvalue weighted by atomic mass is 15.6. The molecule has 0 radical (unpaired) electrons. The lowest BCUT2D eigenvalue weighted by Gasteiger charge is -1.99. The minimum atomic E-state index is 0.779. The first-order chi connectivity index (χ1) is 5.84. The molecule has 0 amide bonds. The summed E-state index contributed by atoms with van der Waals surface area (Å²) in [4.78, 5) is 1.60. The summed E-state index contributed by atoms with van der Waals surface area (Å²) >= 11 is 0. The summed E-state index contributed by atoms with van der Waals surface area (Å²) in [7, 11) is 1.87. The second kappa shape index (κ2) is 2.69. The predicted molar refractivity (Wildman–Crippen MR) is 44.5 cm³/mol. The molecule has 0 spiro atoms. The fraction of sp³-hybridized carbons (Fsp3) is 0.143. The van der Waals surface area contributed by atoms with Crippen LogP contribution < -0.4 is 5.43 Å². The first kappa shape index (κ1) is 6.90. The van der Waals surface area contributed by atoms with Crippen LogP contribution in [0.4, 0.5) is 5.82 Å². The largest absolute Gasteiger partial charge is 0.274 e. The van der Waals surface area contributed by atoms with Crippen LogP contribution in [0.5, 0.6) is 0 Å². The van der Waals surface area contributed by atoms with Gasteiger partial charge in [-0.15, -0.1) is 0 Å². The maximum Gasteiger partial charge on any atom is 0.168 e. The Hall–Kier alpha value is -1.78. The summed E-state index contributed by atoms with van der Waals surface area (Å²) in [5, 5.41) is 8.11. The number of rotatable bonds is 2. The van der Waals surface area contributed by atoms with Crippen molar-refractivity contribution in [2.24, 2.45) is 7.05 Å². The summed E-state index contributed by atoms with van der Waals surface area (Å²) in [6.45, 7) is 0. The van der Waals surface area contributed by atoms with Crippen LogP contribution in [0.1, 0.15) is 0 Å². The van der Waals surface area contributed by atoms with Crippen LogP contribution in [0.3, 0.4) is 0 Å². The third-order valence-corrected chi connectivity index (χ3v) is 1.45. The van der Waals surface area contributed by atoms with Crippen molar-refractivity contribution in [1.29, 1.82) is 0 Å². The molecule has 2 heterocycles. The number of aryl methyl sites for hydroxylation is 1. The van der Waals surface area contributed by atoms with E-state index in [2.05, 4.69) is 15.6 Å². The van der Waals surface area contributed by atoms with E-state index < -0.39 is 0 Å². The van der Waals surface area contributed by atoms with Crippen molar-refractivity contribution in [3.63, 3.8) is 0 Å². The molecule has 0 aliphatic rings. The molecule has 0 aromatic carbocycles. The van der Waals surface area contributed by atoms with Gasteiger partial charge in [-0.3, -0.25) is 10.1 Å². The first-order valence-electron chi connectivity index (χ1n) is 3.61. The smallest absolute Gasteiger partial charge is 0.168 e. The van der Waals surface area contributed by atoms with Gasteiger partial charge in [0, 0.05) is 25.5 Å². The molecule has 62 valence electrons. The molecule has 0 bridgehead atoms. The number of nitrogens with one attached hydrogen (secondary N) is 1. The van der Waals surface area contributed by atoms with E-state index in [4.69, 9.17) is 0 Å². The zero-order valence-electron chi connectivity index (χ0n) is 6.68. The fourth-order valence-corrected chi connectivity index (χ4v) is 0.927. The molecular weight excluding hydrogens is 154 g/mol. The van der Waals surface area contributed by atoms with Crippen molar-refractivity contribution in [1.82, 2.24) is 19.7 Å². The van der Waals surface area contributed by atoms with Crippen LogP contribution in [0.25, 0.3) is 0 Å². The van der Waals surface area contributed by atoms with Crippen molar-refractivity contribution in [2.75, 3.05) is 5.43 Å². The van der Waals surface area contributed by atoms with Crippen molar-refractivity contribution < 1.29 is 0 Å². The second-order valence-electron chi connectivity index (χ2n) is 2.44. The highest BCUT2D eigenvalue weighted by molar-refractivity contribution is 5.30. The Kier molecular flexibility index (Phi) is 1.55. The monoisotopic (exact) mass is 163 g/mol. The van der Waals surface area contributed by atoms with Crippen LogP contribution in [-0.4, -0.2) is 19.7 Å². The van der Waals surface area contributed by atoms with Gasteiger partial charge in [-0.05, 0) is 6.07 Å². The maximum atomic E-state index is 4.13. The van der Waals surface area contributed by atoms with Crippen LogP contribution in [0, 0.1) is 0 Å². The van der Waals surface area contributed by atoms with E-state index in [0.717, 1.165) is 5.82 Å². The van der Waals surface area contributed by atoms with Gasteiger partial charge in [0.1, 0.15) is 0 Å². The summed E-state index contributed by atoms with van der Waals surface area (Å²) in [5.74, 6) is 0.779. The first-order valence-corrected chi connectivity index (χ1v) is 3.61. The van der Waals surface area contributed by atoms with E-state index in [-0.39, 0.29) is 0 Å². The van der Waals surface area contributed by atoms with Gasteiger partial charge < -0.3 is 0 Å². The van der Waals surface area contributed by atoms with Gasteiger partial charge in [-0.25, -0.2) is 0 Å². The zero-order chi connectivity index (χ0) is 8.39. The number of nitrogens with zero attached hydrogens (tertiary/aromatic N) is 4. The van der Waals surface area contributed by atoms with Crippen molar-refractivity contribution in [3.8, 4) is 0 Å². The van der Waals surface area contributed by atoms with Crippen molar-refractivity contribution >= 4 is 5.82 Å². The molecule has 0 fully saturated rings. The lowest BCUT2D eigenvalue weighted by molar-refractivity contribution is 0.745. The third kappa shape index (κ3) is 1.29. The number of anilines is 1. The van der Waals surface area contributed by atoms with Crippen molar-refractivity contribution in [3.05, 3.63) is 30.7 Å². The lowest BCUT2D eigenvalue weighted by atomic mass is 10.7. The molecule has 2 rings (SSSR count). The second-order valence-corrected chi connectivity index (χ2v) is 2.44. The fourth-order valence-electron chi connectivity index (χ4n) is 0.927. The van der Waals surface area contributed by atoms with Gasteiger partial charge in [-0.1, -0.05) is 0 Å². The normalized spacial score (nSPS) is 10.1. The topological polar surface area (TPSA) is 47.7 Å². The standard InChI is InChI=1S/C7H9N5/c1-11-6-3-7(9-11)10-12-5-2-4-8-12/h2-6H,1H3,(H,9,10). The molecule has 5 heteroatoms. The molecule has 0 aliphatic heterocycles. The Labute approximate surface area is 69.6 Å². The Morgan fingerprint density at radius 2 is 2.33 bits per heavy atom. The van der Waals surface area contributed by atoms with Crippen molar-refractivity contribution in [2.45, 2.75) is 0 Å². The van der Waals surface area contributed by atoms with E-state index in [1.807, 2.05) is 31.6 Å². The van der Waals surface area contributed by atoms with E-state index in [1.165, 1.54) is 0 Å². The zero-order valence-corrected chi connectivity index (χ0v) is 6.68. The minimum Gasteiger partial charge on any atom is -0.274 e. The summed E-state index contributed by atoms with van der Waals surface area (Å²) < 4.78 is 1.73. The van der Waals surface area contributed by atoms with Gasteiger partial charge in [0.15, 0.2) is 5.82 Å². The summed E-state index contributed by atoms with van der Waals surface area (Å²) in [6.07, 6.45) is 5.39. The van der Waals surface area contributed by atoms with Crippen LogP contribution in [0.15, 0.2) is 30.7 Å². The molecule has 1 N–H and O–H groups in total. The summed E-state index contributed by atoms with van der Waals surface area (Å²) in [5.41, 5.74) is 2.98. The third-order valence-electron chi connectivity index (χ3n) is 1.45. The Balaban J connectivity index is 2.14. The number of aromatic nitrogens is 4. The van der Waals surface area contributed by atoms with E-state index in [0.29, 0.717) is 0 Å². The highest BCUT2D eigenvalue weighted by Gasteiger charge is 1.94. The molecule has 0 aliphatic carbocycles. The van der Waals surface area contributed by atoms with Gasteiger partial charge in [0.2, 0.25) is 0 Å². The van der Waals surface area contributed by atoms with Crippen LogP contribution >= 0.6 is 0 Å². The quantitative estimate of drug-likeness (QED) is 0.701. The van der Waals surface area contributed by atoms with Gasteiger partial charge in [0.05, 0.1) is 6.20 Å². The molecule has 12 heavy (non-hydrogen) atoms. The molecule has 0 saturated heterocycles. The molecule has 5 nitrogen and oxygen atoms in total. The number of hydrogen-bond acceptors (Lipinski definition) is 3. The average Bonchev–Trinajstić information content (AvgIpc) is 2.63. The molecule has 0 unspecified atom stereocenters. The van der Waals surface area contributed by atoms with Gasteiger partial charge >= 0.3 is 0 Å². The predicted octanol–water partition coefficient (Wildman–Crippen LogP) is 0.492. The van der Waals surface area contributed by atoms with Gasteiger partial charge in [0.25, 0.3) is 0 Å². The molecule has 0 atom stereocenters. The minimum absolute atomic E-state index is 0.779. The van der Waals surface area contributed by atoms with E-state index >= 15 is 0 Å². The average molecular weight is 163 g/mol. The van der Waals surface area contributed by atoms with E-state index in [9.17, 15) is 0 Å². The molecule has 0 saturated carbocycles. The highest BCUT2D eigenvalue weighted by Crippen LogP contribution is 2.00. The van der Waals surface area contributed by atoms with Crippen LogP contribution in [0.2, 0.25) is 0 Å². The Morgan fingerprint density at radius 3 is 2.92 bits per heavy atom. The summed E-state index contributed by atoms with van der Waals surface area (Å²) in [6, 6.07) is 3.72. The SMILES string of the molecule is Cn1ccc(Nn2cccn2)n1. The number of hydrogen-bond donors (Lipinski definition) is 1. The van der Waals surface area contributed by atoms with Gasteiger partial charge in [-0.2, -0.15) is 15.0 Å².